The van der Waals surface area contributed by atoms with Gasteiger partial charge >= 0.3 is 6.18 Å². The van der Waals surface area contributed by atoms with Crippen molar-refractivity contribution >= 4 is 5.96 Å². The van der Waals surface area contributed by atoms with Crippen LogP contribution in [-0.2, 0) is 0 Å². The van der Waals surface area contributed by atoms with Crippen LogP contribution in [-0.4, -0.2) is 38.9 Å². The van der Waals surface area contributed by atoms with Gasteiger partial charge in [0.05, 0.1) is 13.0 Å². The zero-order chi connectivity index (χ0) is 17.1. The Bertz CT molecular complexity index is 475. The smallest absolute Gasteiger partial charge is 0.390 e. The molecule has 0 bridgehead atoms. The predicted octanol–water partition coefficient (Wildman–Crippen LogP) is 3.10. The van der Waals surface area contributed by atoms with Crippen molar-refractivity contribution in [2.45, 2.75) is 25.4 Å². The first-order chi connectivity index (χ1) is 10.9. The third-order valence-corrected chi connectivity index (χ3v) is 2.87. The van der Waals surface area contributed by atoms with Crippen molar-refractivity contribution in [3.05, 3.63) is 30.1 Å². The molecule has 2 N–H and O–H groups in total. The molecule has 0 aliphatic heterocycles. The number of aliphatic imine (C=N–C) groups is 1. The van der Waals surface area contributed by atoms with E-state index in [-0.39, 0.29) is 12.4 Å². The number of rotatable bonds is 8. The van der Waals surface area contributed by atoms with Gasteiger partial charge in [-0.2, -0.15) is 13.2 Å². The van der Waals surface area contributed by atoms with E-state index in [0.29, 0.717) is 24.9 Å². The van der Waals surface area contributed by atoms with Gasteiger partial charge < -0.3 is 15.4 Å². The molecule has 0 saturated carbocycles. The highest BCUT2D eigenvalue weighted by atomic mass is 19.4. The highest BCUT2D eigenvalue weighted by Crippen LogP contribution is 2.18. The summed E-state index contributed by atoms with van der Waals surface area (Å²) in [6, 6.07) is 5.76. The van der Waals surface area contributed by atoms with Crippen molar-refractivity contribution in [2.24, 2.45) is 4.99 Å². The normalized spacial score (nSPS) is 12.1. The van der Waals surface area contributed by atoms with Gasteiger partial charge in [-0.15, -0.1) is 0 Å². The maximum atomic E-state index is 12.7. The fourth-order valence-corrected chi connectivity index (χ4v) is 1.70. The molecule has 0 unspecified atom stereocenters. The highest BCUT2D eigenvalue weighted by molar-refractivity contribution is 5.79. The minimum Gasteiger partial charge on any atom is -0.494 e. The Morgan fingerprint density at radius 1 is 1.09 bits per heavy atom. The summed E-state index contributed by atoms with van der Waals surface area (Å²) in [5, 5.41) is 5.53. The van der Waals surface area contributed by atoms with Crippen LogP contribution in [0.4, 0.5) is 17.6 Å². The van der Waals surface area contributed by atoms with E-state index in [0.717, 1.165) is 12.8 Å². The van der Waals surface area contributed by atoms with E-state index in [1.165, 1.54) is 19.2 Å². The Morgan fingerprint density at radius 3 is 2.35 bits per heavy atom. The molecule has 23 heavy (non-hydrogen) atoms. The van der Waals surface area contributed by atoms with E-state index in [1.54, 1.807) is 12.1 Å². The number of guanidine groups is 1. The molecular weight excluding hydrogens is 314 g/mol. The highest BCUT2D eigenvalue weighted by Gasteiger charge is 2.26. The Kier molecular flexibility index (Phi) is 8.21. The zero-order valence-corrected chi connectivity index (χ0v) is 12.9. The SMILES string of the molecule is CN=C(NCCCCOc1ccc(F)cc1)NCCC(F)(F)F. The molecule has 1 aromatic rings. The first-order valence-electron chi connectivity index (χ1n) is 7.30. The van der Waals surface area contributed by atoms with E-state index >= 15 is 0 Å². The van der Waals surface area contributed by atoms with Crippen LogP contribution in [0.1, 0.15) is 19.3 Å². The van der Waals surface area contributed by atoms with E-state index in [9.17, 15) is 17.6 Å². The van der Waals surface area contributed by atoms with Crippen molar-refractivity contribution in [3.63, 3.8) is 0 Å². The quantitative estimate of drug-likeness (QED) is 0.332. The summed E-state index contributed by atoms with van der Waals surface area (Å²) in [4.78, 5) is 3.84. The number of nitrogens with zero attached hydrogens (tertiary/aromatic N) is 1. The lowest BCUT2D eigenvalue weighted by atomic mass is 10.3. The minimum atomic E-state index is -4.18. The van der Waals surface area contributed by atoms with Gasteiger partial charge in [-0.1, -0.05) is 0 Å². The van der Waals surface area contributed by atoms with Crippen LogP contribution in [0.15, 0.2) is 29.3 Å². The lowest BCUT2D eigenvalue weighted by Gasteiger charge is -2.13. The van der Waals surface area contributed by atoms with Gasteiger partial charge in [0.25, 0.3) is 0 Å². The molecule has 0 fully saturated rings. The van der Waals surface area contributed by atoms with Gasteiger partial charge in [-0.3, -0.25) is 4.99 Å². The Morgan fingerprint density at radius 2 is 1.74 bits per heavy atom. The molecule has 0 radical (unpaired) electrons. The van der Waals surface area contributed by atoms with E-state index in [1.807, 2.05) is 0 Å². The van der Waals surface area contributed by atoms with Crippen LogP contribution in [0.3, 0.4) is 0 Å². The van der Waals surface area contributed by atoms with Crippen LogP contribution >= 0.6 is 0 Å². The molecule has 8 heteroatoms. The maximum absolute atomic E-state index is 12.7. The zero-order valence-electron chi connectivity index (χ0n) is 12.9. The second-order valence-electron chi connectivity index (χ2n) is 4.80. The molecule has 130 valence electrons. The van der Waals surface area contributed by atoms with Gasteiger partial charge in [0, 0.05) is 20.1 Å². The first-order valence-corrected chi connectivity index (χ1v) is 7.30. The summed E-state index contributed by atoms with van der Waals surface area (Å²) in [5.41, 5.74) is 0. The molecule has 0 amide bonds. The monoisotopic (exact) mass is 335 g/mol. The number of hydrogen-bond acceptors (Lipinski definition) is 2. The van der Waals surface area contributed by atoms with Gasteiger partial charge in [0.15, 0.2) is 5.96 Å². The molecule has 0 aliphatic rings. The van der Waals surface area contributed by atoms with Crippen molar-refractivity contribution in [1.82, 2.24) is 10.6 Å². The van der Waals surface area contributed by atoms with E-state index in [4.69, 9.17) is 4.74 Å². The van der Waals surface area contributed by atoms with E-state index in [2.05, 4.69) is 15.6 Å². The average Bonchev–Trinajstić information content (AvgIpc) is 2.49. The third-order valence-electron chi connectivity index (χ3n) is 2.87. The van der Waals surface area contributed by atoms with Gasteiger partial charge in [0.1, 0.15) is 11.6 Å². The van der Waals surface area contributed by atoms with Crippen molar-refractivity contribution in [3.8, 4) is 5.75 Å². The minimum absolute atomic E-state index is 0.211. The van der Waals surface area contributed by atoms with Crippen LogP contribution in [0, 0.1) is 5.82 Å². The number of nitrogens with one attached hydrogen (secondary N) is 2. The van der Waals surface area contributed by atoms with Gasteiger partial charge in [0.2, 0.25) is 0 Å². The summed E-state index contributed by atoms with van der Waals surface area (Å²) in [6.07, 6.45) is -3.56. The fraction of sp³-hybridized carbons (Fsp3) is 0.533. The Hall–Kier alpha value is -1.99. The summed E-state index contributed by atoms with van der Waals surface area (Å²) in [7, 11) is 1.50. The van der Waals surface area contributed by atoms with Crippen LogP contribution in [0.5, 0.6) is 5.75 Å². The maximum Gasteiger partial charge on any atom is 0.390 e. The standard InChI is InChI=1S/C15H21F4N3O/c1-20-14(22-10-8-15(17,18)19)21-9-2-3-11-23-13-6-4-12(16)5-7-13/h4-7H,2-3,8-11H2,1H3,(H2,20,21,22). The molecule has 0 spiro atoms. The number of alkyl halides is 3. The summed E-state index contributed by atoms with van der Waals surface area (Å²) >= 11 is 0. The lowest BCUT2D eigenvalue weighted by Crippen LogP contribution is -2.39. The summed E-state index contributed by atoms with van der Waals surface area (Å²) in [6.45, 7) is 0.836. The molecule has 1 rings (SSSR count). The summed E-state index contributed by atoms with van der Waals surface area (Å²) in [5.74, 6) is 0.628. The van der Waals surface area contributed by atoms with Crippen LogP contribution in [0.2, 0.25) is 0 Å². The number of halogens is 4. The molecule has 1 aromatic carbocycles. The van der Waals surface area contributed by atoms with Gasteiger partial charge in [-0.05, 0) is 37.1 Å². The van der Waals surface area contributed by atoms with Crippen LogP contribution in [0.25, 0.3) is 0 Å². The fourth-order valence-electron chi connectivity index (χ4n) is 1.70. The average molecular weight is 335 g/mol. The molecule has 4 nitrogen and oxygen atoms in total. The second kappa shape index (κ2) is 9.91. The Balaban J connectivity index is 2.07. The first kappa shape index (κ1) is 19.1. The number of ether oxygens (including phenoxy) is 1. The molecular formula is C15H21F4N3O. The molecule has 0 aliphatic carbocycles. The number of benzene rings is 1. The van der Waals surface area contributed by atoms with Gasteiger partial charge in [-0.25, -0.2) is 4.39 Å². The topological polar surface area (TPSA) is 45.7 Å². The molecule has 0 atom stereocenters. The second-order valence-corrected chi connectivity index (χ2v) is 4.80. The number of unbranched alkanes of at least 4 members (excludes halogenated alkanes) is 1. The van der Waals surface area contributed by atoms with Crippen molar-refractivity contribution in [1.29, 1.82) is 0 Å². The van der Waals surface area contributed by atoms with E-state index < -0.39 is 12.6 Å². The summed E-state index contributed by atoms with van der Waals surface area (Å²) < 4.78 is 54.2. The predicted molar refractivity (Wildman–Crippen MR) is 81.2 cm³/mol. The molecule has 0 aromatic heterocycles. The third kappa shape index (κ3) is 9.59. The lowest BCUT2D eigenvalue weighted by molar-refractivity contribution is -0.132. The van der Waals surface area contributed by atoms with Crippen molar-refractivity contribution < 1.29 is 22.3 Å². The Labute approximate surface area is 132 Å². The number of hydrogen-bond donors (Lipinski definition) is 2. The largest absolute Gasteiger partial charge is 0.494 e. The molecule has 0 saturated heterocycles. The van der Waals surface area contributed by atoms with Crippen LogP contribution < -0.4 is 15.4 Å². The van der Waals surface area contributed by atoms with Crippen molar-refractivity contribution in [2.75, 3.05) is 26.7 Å². The molecule has 0 heterocycles.